The molecule has 2 N–H and O–H groups in total. The van der Waals surface area contributed by atoms with E-state index in [1.807, 2.05) is 30.3 Å². The first-order valence-corrected chi connectivity index (χ1v) is 10.1. The maximum absolute atomic E-state index is 12.4. The highest BCUT2D eigenvalue weighted by molar-refractivity contribution is 7.89. The van der Waals surface area contributed by atoms with Gasteiger partial charge >= 0.3 is 0 Å². The maximum Gasteiger partial charge on any atom is 0.255 e. The first kappa shape index (κ1) is 19.6. The van der Waals surface area contributed by atoms with Crippen molar-refractivity contribution in [1.82, 2.24) is 4.72 Å². The molecule has 0 saturated carbocycles. The second kappa shape index (κ2) is 8.69. The molecule has 3 rings (SSSR count). The van der Waals surface area contributed by atoms with Gasteiger partial charge in [-0.3, -0.25) is 4.79 Å². The van der Waals surface area contributed by atoms with Crippen molar-refractivity contribution in [1.29, 1.82) is 0 Å². The molecular weight excluding hydrogens is 376 g/mol. The van der Waals surface area contributed by atoms with Crippen molar-refractivity contribution in [3.8, 4) is 5.75 Å². The molecule has 0 aliphatic heterocycles. The zero-order valence-corrected chi connectivity index (χ0v) is 16.1. The Bertz CT molecular complexity index is 1050. The van der Waals surface area contributed by atoms with Crippen LogP contribution in [0.1, 0.15) is 15.9 Å². The topological polar surface area (TPSA) is 84.5 Å². The van der Waals surface area contributed by atoms with Gasteiger partial charge in [0.15, 0.2) is 0 Å². The van der Waals surface area contributed by atoms with Gasteiger partial charge in [0.1, 0.15) is 12.4 Å². The molecule has 0 aliphatic carbocycles. The van der Waals surface area contributed by atoms with E-state index in [4.69, 9.17) is 4.74 Å². The minimum absolute atomic E-state index is 0.0345. The van der Waals surface area contributed by atoms with Crippen LogP contribution in [0.15, 0.2) is 83.8 Å². The minimum atomic E-state index is -3.61. The van der Waals surface area contributed by atoms with Crippen LogP contribution in [-0.2, 0) is 16.6 Å². The van der Waals surface area contributed by atoms with Gasteiger partial charge in [-0.15, -0.1) is 0 Å². The number of amides is 1. The molecule has 0 unspecified atom stereocenters. The molecule has 3 aromatic rings. The molecule has 6 nitrogen and oxygen atoms in total. The minimum Gasteiger partial charge on any atom is -0.489 e. The van der Waals surface area contributed by atoms with Crippen molar-refractivity contribution < 1.29 is 17.9 Å². The summed E-state index contributed by atoms with van der Waals surface area (Å²) in [7, 11) is -2.29. The highest BCUT2D eigenvalue weighted by Gasteiger charge is 2.14. The molecular formula is C21H20N2O4S. The van der Waals surface area contributed by atoms with Gasteiger partial charge in [-0.1, -0.05) is 36.4 Å². The van der Waals surface area contributed by atoms with E-state index in [9.17, 15) is 13.2 Å². The van der Waals surface area contributed by atoms with Crippen LogP contribution in [0.5, 0.6) is 5.75 Å². The van der Waals surface area contributed by atoms with Gasteiger partial charge in [0.25, 0.3) is 5.91 Å². The van der Waals surface area contributed by atoms with E-state index in [-0.39, 0.29) is 10.5 Å². The molecule has 0 aliphatic rings. The highest BCUT2D eigenvalue weighted by atomic mass is 32.2. The standard InChI is InChI=1S/C21H20N2O4S/c1-22-28(25,26)20-9-5-8-17(14-20)21(24)23-18-10-12-19(13-11-18)27-15-16-6-3-2-4-7-16/h2-14,22H,15H2,1H3,(H,23,24). The molecule has 0 atom stereocenters. The SMILES string of the molecule is CNS(=O)(=O)c1cccc(C(=O)Nc2ccc(OCc3ccccc3)cc2)c1. The van der Waals surface area contributed by atoms with Crippen LogP contribution in [0.4, 0.5) is 5.69 Å². The zero-order chi connectivity index (χ0) is 20.0. The van der Waals surface area contributed by atoms with E-state index in [1.54, 1.807) is 30.3 Å². The molecule has 0 spiro atoms. The van der Waals surface area contributed by atoms with Crippen molar-refractivity contribution in [3.05, 3.63) is 90.0 Å². The number of ether oxygens (including phenoxy) is 1. The number of carbonyl (C=O) groups excluding carboxylic acids is 1. The Labute approximate surface area is 164 Å². The summed E-state index contributed by atoms with van der Waals surface area (Å²) in [4.78, 5) is 12.5. The van der Waals surface area contributed by atoms with Gasteiger partial charge in [0, 0.05) is 11.3 Å². The molecule has 7 heteroatoms. The van der Waals surface area contributed by atoms with E-state index in [1.165, 1.54) is 25.2 Å². The van der Waals surface area contributed by atoms with Crippen LogP contribution in [0.3, 0.4) is 0 Å². The summed E-state index contributed by atoms with van der Waals surface area (Å²) in [6.07, 6.45) is 0. The summed E-state index contributed by atoms with van der Waals surface area (Å²) in [5.74, 6) is 0.287. The lowest BCUT2D eigenvalue weighted by Gasteiger charge is -2.09. The smallest absolute Gasteiger partial charge is 0.255 e. The summed E-state index contributed by atoms with van der Waals surface area (Å²) in [5, 5.41) is 2.75. The van der Waals surface area contributed by atoms with Gasteiger partial charge in [-0.25, -0.2) is 13.1 Å². The van der Waals surface area contributed by atoms with E-state index < -0.39 is 15.9 Å². The van der Waals surface area contributed by atoms with Crippen LogP contribution >= 0.6 is 0 Å². The number of rotatable bonds is 7. The third-order valence-electron chi connectivity index (χ3n) is 4.04. The lowest BCUT2D eigenvalue weighted by atomic mass is 10.2. The Kier molecular flexibility index (Phi) is 6.08. The molecule has 0 saturated heterocycles. The fraction of sp³-hybridized carbons (Fsp3) is 0.0952. The monoisotopic (exact) mass is 396 g/mol. The van der Waals surface area contributed by atoms with Crippen LogP contribution in [0.2, 0.25) is 0 Å². The van der Waals surface area contributed by atoms with E-state index in [0.29, 0.717) is 18.0 Å². The van der Waals surface area contributed by atoms with Crippen molar-refractivity contribution in [2.45, 2.75) is 11.5 Å². The van der Waals surface area contributed by atoms with Crippen molar-refractivity contribution in [2.75, 3.05) is 12.4 Å². The molecule has 3 aromatic carbocycles. The quantitative estimate of drug-likeness (QED) is 0.641. The van der Waals surface area contributed by atoms with Crippen molar-refractivity contribution in [2.24, 2.45) is 0 Å². The lowest BCUT2D eigenvalue weighted by molar-refractivity contribution is 0.102. The highest BCUT2D eigenvalue weighted by Crippen LogP contribution is 2.18. The molecule has 1 amide bonds. The predicted molar refractivity (Wildman–Crippen MR) is 108 cm³/mol. The third-order valence-corrected chi connectivity index (χ3v) is 5.45. The van der Waals surface area contributed by atoms with E-state index in [0.717, 1.165) is 5.56 Å². The number of benzene rings is 3. The van der Waals surface area contributed by atoms with Crippen LogP contribution < -0.4 is 14.8 Å². The Balaban J connectivity index is 1.64. The fourth-order valence-corrected chi connectivity index (χ4v) is 3.28. The van der Waals surface area contributed by atoms with Crippen LogP contribution in [0, 0.1) is 0 Å². The Morgan fingerprint density at radius 2 is 1.64 bits per heavy atom. The average Bonchev–Trinajstić information content (AvgIpc) is 2.74. The normalized spacial score (nSPS) is 11.0. The fourth-order valence-electron chi connectivity index (χ4n) is 2.50. The first-order chi connectivity index (χ1) is 13.5. The number of nitrogens with one attached hydrogen (secondary N) is 2. The number of sulfonamides is 1. The molecule has 28 heavy (non-hydrogen) atoms. The zero-order valence-electron chi connectivity index (χ0n) is 15.3. The summed E-state index contributed by atoms with van der Waals surface area (Å²) < 4.78 is 31.7. The molecule has 0 fully saturated rings. The third kappa shape index (κ3) is 4.97. The van der Waals surface area contributed by atoms with Crippen LogP contribution in [-0.4, -0.2) is 21.4 Å². The van der Waals surface area contributed by atoms with E-state index in [2.05, 4.69) is 10.0 Å². The molecule has 0 heterocycles. The predicted octanol–water partition coefficient (Wildman–Crippen LogP) is 3.43. The van der Waals surface area contributed by atoms with E-state index >= 15 is 0 Å². The number of carbonyl (C=O) groups is 1. The number of hydrogen-bond acceptors (Lipinski definition) is 4. The average molecular weight is 396 g/mol. The van der Waals surface area contributed by atoms with Gasteiger partial charge in [-0.05, 0) is 55.1 Å². The summed E-state index contributed by atoms with van der Waals surface area (Å²) >= 11 is 0. The van der Waals surface area contributed by atoms with Gasteiger partial charge in [-0.2, -0.15) is 0 Å². The molecule has 0 bridgehead atoms. The Morgan fingerprint density at radius 3 is 2.32 bits per heavy atom. The van der Waals surface area contributed by atoms with Gasteiger partial charge in [0.2, 0.25) is 10.0 Å². The second-order valence-electron chi connectivity index (χ2n) is 5.99. The lowest BCUT2D eigenvalue weighted by Crippen LogP contribution is -2.19. The first-order valence-electron chi connectivity index (χ1n) is 8.60. The Hall–Kier alpha value is -3.16. The Morgan fingerprint density at radius 1 is 0.929 bits per heavy atom. The number of hydrogen-bond donors (Lipinski definition) is 2. The maximum atomic E-state index is 12.4. The van der Waals surface area contributed by atoms with Gasteiger partial charge in [0.05, 0.1) is 4.90 Å². The molecule has 144 valence electrons. The van der Waals surface area contributed by atoms with Crippen molar-refractivity contribution in [3.63, 3.8) is 0 Å². The number of anilines is 1. The summed E-state index contributed by atoms with van der Waals surface area (Å²) in [6.45, 7) is 0.458. The second-order valence-corrected chi connectivity index (χ2v) is 7.87. The largest absolute Gasteiger partial charge is 0.489 e. The van der Waals surface area contributed by atoms with Gasteiger partial charge < -0.3 is 10.1 Å². The molecule has 0 aromatic heterocycles. The van der Waals surface area contributed by atoms with Crippen molar-refractivity contribution >= 4 is 21.6 Å². The summed E-state index contributed by atoms with van der Waals surface area (Å²) in [6, 6.07) is 22.7. The summed E-state index contributed by atoms with van der Waals surface area (Å²) in [5.41, 5.74) is 1.90. The van der Waals surface area contributed by atoms with Crippen LogP contribution in [0.25, 0.3) is 0 Å². The molecule has 0 radical (unpaired) electrons.